The zero-order chi connectivity index (χ0) is 24.4. The van der Waals surface area contributed by atoms with Crippen molar-refractivity contribution < 1.29 is 0 Å². The molecule has 1 aliphatic rings. The summed E-state index contributed by atoms with van der Waals surface area (Å²) in [7, 11) is 0. The third-order valence-electron chi connectivity index (χ3n) is 7.84. The van der Waals surface area contributed by atoms with E-state index >= 15 is 0 Å². The second-order valence-electron chi connectivity index (χ2n) is 10.2. The largest absolute Gasteiger partial charge is 0.276 e. The maximum Gasteiger partial charge on any atom is 0.263 e. The Labute approximate surface area is 210 Å². The maximum atomic E-state index is 13.6. The fraction of sp³-hybridized carbons (Fsp3) is 0.0882. The number of rotatable bonds is 2. The molecule has 0 aliphatic heterocycles. The maximum absolute atomic E-state index is 13.6. The molecular formula is C34H25NO. The van der Waals surface area contributed by atoms with Gasteiger partial charge in [0.15, 0.2) is 0 Å². The molecule has 6 aromatic rings. The van der Waals surface area contributed by atoms with Crippen LogP contribution in [0.5, 0.6) is 0 Å². The van der Waals surface area contributed by atoms with Crippen molar-refractivity contribution in [2.45, 2.75) is 19.3 Å². The van der Waals surface area contributed by atoms with Crippen molar-refractivity contribution in [1.82, 2.24) is 4.57 Å². The molecule has 0 N–H and O–H groups in total. The van der Waals surface area contributed by atoms with Crippen LogP contribution in [0.2, 0.25) is 0 Å². The molecule has 0 spiro atoms. The van der Waals surface area contributed by atoms with Crippen molar-refractivity contribution >= 4 is 21.7 Å². The molecule has 0 unspecified atom stereocenters. The lowest BCUT2D eigenvalue weighted by molar-refractivity contribution is 0.660. The summed E-state index contributed by atoms with van der Waals surface area (Å²) in [5.41, 5.74) is 9.53. The third kappa shape index (κ3) is 2.88. The summed E-state index contributed by atoms with van der Waals surface area (Å²) >= 11 is 0. The van der Waals surface area contributed by atoms with Gasteiger partial charge in [-0.3, -0.25) is 9.36 Å². The first-order chi connectivity index (χ1) is 17.5. The Morgan fingerprint density at radius 1 is 0.556 bits per heavy atom. The molecule has 1 aliphatic carbocycles. The van der Waals surface area contributed by atoms with Crippen molar-refractivity contribution in [3.8, 4) is 27.9 Å². The molecule has 0 atom stereocenters. The van der Waals surface area contributed by atoms with Gasteiger partial charge in [-0.1, -0.05) is 98.8 Å². The molecule has 0 amide bonds. The molecule has 0 saturated heterocycles. The van der Waals surface area contributed by atoms with E-state index in [0.717, 1.165) is 32.9 Å². The lowest BCUT2D eigenvalue weighted by atomic mass is 9.82. The number of benzene rings is 5. The fourth-order valence-electron chi connectivity index (χ4n) is 5.99. The van der Waals surface area contributed by atoms with Crippen LogP contribution in [0.1, 0.15) is 25.0 Å². The smallest absolute Gasteiger partial charge is 0.263 e. The van der Waals surface area contributed by atoms with E-state index in [1.807, 2.05) is 47.0 Å². The zero-order valence-corrected chi connectivity index (χ0v) is 20.3. The lowest BCUT2D eigenvalue weighted by Gasteiger charge is -2.21. The summed E-state index contributed by atoms with van der Waals surface area (Å²) in [6, 6.07) is 39.9. The molecule has 1 aromatic heterocycles. The molecule has 0 fully saturated rings. The summed E-state index contributed by atoms with van der Waals surface area (Å²) < 4.78 is 1.84. The van der Waals surface area contributed by atoms with Crippen LogP contribution in [0.4, 0.5) is 0 Å². The Morgan fingerprint density at radius 3 is 1.97 bits per heavy atom. The second kappa shape index (κ2) is 7.53. The number of hydrogen-bond donors (Lipinski definition) is 0. The summed E-state index contributed by atoms with van der Waals surface area (Å²) in [5, 5.41) is 2.81. The van der Waals surface area contributed by atoms with Gasteiger partial charge >= 0.3 is 0 Å². The predicted molar refractivity (Wildman–Crippen MR) is 150 cm³/mol. The van der Waals surface area contributed by atoms with Gasteiger partial charge < -0.3 is 0 Å². The Bertz CT molecular complexity index is 1870. The molecule has 2 heteroatoms. The van der Waals surface area contributed by atoms with Crippen molar-refractivity contribution in [2.24, 2.45) is 0 Å². The van der Waals surface area contributed by atoms with Crippen LogP contribution in [0, 0.1) is 0 Å². The summed E-state index contributed by atoms with van der Waals surface area (Å²) in [6.45, 7) is 4.61. The van der Waals surface area contributed by atoms with Gasteiger partial charge in [0.1, 0.15) is 0 Å². The molecule has 2 nitrogen and oxygen atoms in total. The van der Waals surface area contributed by atoms with Gasteiger partial charge in [0.2, 0.25) is 0 Å². The quantitative estimate of drug-likeness (QED) is 0.238. The Morgan fingerprint density at radius 2 is 1.17 bits per heavy atom. The van der Waals surface area contributed by atoms with Gasteiger partial charge in [-0.25, -0.2) is 0 Å². The van der Waals surface area contributed by atoms with Crippen LogP contribution in [0.25, 0.3) is 49.6 Å². The first kappa shape index (κ1) is 20.9. The molecule has 0 bridgehead atoms. The summed E-state index contributed by atoms with van der Waals surface area (Å²) in [4.78, 5) is 13.6. The minimum absolute atomic E-state index is 0.00657. The SMILES string of the molecule is CC1(C)c2ccccc2-c2cc(-c3ccc(-n4c(=O)c5ccccc5c5ccccc54)cc3)ccc21. The van der Waals surface area contributed by atoms with E-state index in [1.54, 1.807) is 0 Å². The van der Waals surface area contributed by atoms with Crippen LogP contribution in [0.15, 0.2) is 120 Å². The van der Waals surface area contributed by atoms with Gasteiger partial charge in [-0.05, 0) is 69.1 Å². The minimum Gasteiger partial charge on any atom is -0.276 e. The topological polar surface area (TPSA) is 22.0 Å². The van der Waals surface area contributed by atoms with E-state index in [2.05, 4.69) is 86.6 Å². The number of nitrogens with zero attached hydrogens (tertiary/aromatic N) is 1. The standard InChI is InChI=1S/C34H25NO/c1-34(2)30-13-7-5-10-26(30)29-21-23(17-20-31(29)34)22-15-18-24(19-16-22)35-32-14-8-6-11-27(32)25-9-3-4-12-28(25)33(35)36/h3-21H,1-2H3. The highest BCUT2D eigenvalue weighted by atomic mass is 16.1. The first-order valence-corrected chi connectivity index (χ1v) is 12.4. The van der Waals surface area contributed by atoms with Gasteiger partial charge in [0.25, 0.3) is 5.56 Å². The first-order valence-electron chi connectivity index (χ1n) is 12.4. The number of aromatic nitrogens is 1. The van der Waals surface area contributed by atoms with Crippen molar-refractivity contribution in [2.75, 3.05) is 0 Å². The lowest BCUT2D eigenvalue weighted by Crippen LogP contribution is -2.19. The summed E-state index contributed by atoms with van der Waals surface area (Å²) in [6.07, 6.45) is 0. The molecule has 1 heterocycles. The molecule has 7 rings (SSSR count). The van der Waals surface area contributed by atoms with Crippen LogP contribution in [-0.4, -0.2) is 4.57 Å². The third-order valence-corrected chi connectivity index (χ3v) is 7.84. The van der Waals surface area contributed by atoms with E-state index < -0.39 is 0 Å². The Balaban J connectivity index is 1.36. The van der Waals surface area contributed by atoms with E-state index in [1.165, 1.54) is 27.8 Å². The van der Waals surface area contributed by atoms with E-state index in [9.17, 15) is 4.79 Å². The van der Waals surface area contributed by atoms with Crippen LogP contribution in [0.3, 0.4) is 0 Å². The van der Waals surface area contributed by atoms with Crippen LogP contribution < -0.4 is 5.56 Å². The van der Waals surface area contributed by atoms with Crippen molar-refractivity contribution in [3.63, 3.8) is 0 Å². The number of pyridine rings is 1. The van der Waals surface area contributed by atoms with Crippen LogP contribution >= 0.6 is 0 Å². The predicted octanol–water partition coefficient (Wildman–Crippen LogP) is 8.12. The highest BCUT2D eigenvalue weighted by Crippen LogP contribution is 2.49. The number of hydrogen-bond acceptors (Lipinski definition) is 1. The molecule has 36 heavy (non-hydrogen) atoms. The molecule has 172 valence electrons. The van der Waals surface area contributed by atoms with E-state index in [4.69, 9.17) is 0 Å². The zero-order valence-electron chi connectivity index (χ0n) is 20.3. The Kier molecular flexibility index (Phi) is 4.37. The Hall–Kier alpha value is -4.43. The van der Waals surface area contributed by atoms with Crippen molar-refractivity contribution in [1.29, 1.82) is 0 Å². The van der Waals surface area contributed by atoms with Gasteiger partial charge in [-0.2, -0.15) is 0 Å². The highest BCUT2D eigenvalue weighted by Gasteiger charge is 2.35. The monoisotopic (exact) mass is 463 g/mol. The van der Waals surface area contributed by atoms with Crippen molar-refractivity contribution in [3.05, 3.63) is 137 Å². The average molecular weight is 464 g/mol. The molecule has 5 aromatic carbocycles. The molecule has 0 radical (unpaired) electrons. The van der Waals surface area contributed by atoms with Gasteiger partial charge in [-0.15, -0.1) is 0 Å². The molecule has 0 saturated carbocycles. The van der Waals surface area contributed by atoms with Gasteiger partial charge in [0, 0.05) is 21.9 Å². The number of fused-ring (bicyclic) bond motifs is 6. The second-order valence-corrected chi connectivity index (χ2v) is 10.2. The number of para-hydroxylation sites is 1. The van der Waals surface area contributed by atoms with Crippen LogP contribution in [-0.2, 0) is 5.41 Å². The normalized spacial score (nSPS) is 13.6. The highest BCUT2D eigenvalue weighted by molar-refractivity contribution is 6.06. The molecular weight excluding hydrogens is 438 g/mol. The van der Waals surface area contributed by atoms with Gasteiger partial charge in [0.05, 0.1) is 5.52 Å². The fourth-order valence-corrected chi connectivity index (χ4v) is 5.99. The minimum atomic E-state index is 0.00657. The van der Waals surface area contributed by atoms with E-state index in [-0.39, 0.29) is 11.0 Å². The van der Waals surface area contributed by atoms with E-state index in [0.29, 0.717) is 0 Å². The average Bonchev–Trinajstić information content (AvgIpc) is 3.16. The summed E-state index contributed by atoms with van der Waals surface area (Å²) in [5.74, 6) is 0.